The molecule has 4 nitrogen and oxygen atoms in total. The molecule has 0 amide bonds. The minimum atomic E-state index is -3.59. The predicted molar refractivity (Wildman–Crippen MR) is 85.5 cm³/mol. The van der Waals surface area contributed by atoms with Crippen LogP contribution in [0.15, 0.2) is 47.4 Å². The molecule has 2 aromatic rings. The van der Waals surface area contributed by atoms with Crippen LogP contribution in [-0.2, 0) is 10.0 Å². The molecule has 0 saturated heterocycles. The Morgan fingerprint density at radius 2 is 1.57 bits per heavy atom. The number of aryl methyl sites for hydroxylation is 2. The van der Waals surface area contributed by atoms with Crippen molar-refractivity contribution in [3.8, 4) is 0 Å². The Kier molecular flexibility index (Phi) is 4.34. The molecule has 0 aromatic heterocycles. The van der Waals surface area contributed by atoms with Gasteiger partial charge in [-0.2, -0.15) is 0 Å². The highest BCUT2D eigenvalue weighted by atomic mass is 32.2. The van der Waals surface area contributed by atoms with E-state index in [0.29, 0.717) is 21.7 Å². The zero-order chi connectivity index (χ0) is 15.6. The van der Waals surface area contributed by atoms with Crippen LogP contribution in [-0.4, -0.2) is 8.42 Å². The van der Waals surface area contributed by atoms with Gasteiger partial charge in [0.2, 0.25) is 10.0 Å². The summed E-state index contributed by atoms with van der Waals surface area (Å²) < 4.78 is 28.0. The molecule has 21 heavy (non-hydrogen) atoms. The lowest BCUT2D eigenvalue weighted by Gasteiger charge is -2.17. The lowest BCUT2D eigenvalue weighted by molar-refractivity contribution is 0.565. The first-order valence-corrected chi connectivity index (χ1v) is 8.23. The minimum Gasteiger partial charge on any atom is -0.399 e. The molecule has 5 heteroatoms. The third kappa shape index (κ3) is 3.43. The predicted octanol–water partition coefficient (Wildman–Crippen LogP) is 2.93. The minimum absolute atomic E-state index is 0.299. The maximum absolute atomic E-state index is 12.6. The van der Waals surface area contributed by atoms with Gasteiger partial charge in [0.1, 0.15) is 0 Å². The number of hydrogen-bond donors (Lipinski definition) is 2. The van der Waals surface area contributed by atoms with Crippen LogP contribution in [0.4, 0.5) is 5.69 Å². The summed E-state index contributed by atoms with van der Waals surface area (Å²) in [6.45, 7) is 5.34. The molecule has 0 bridgehead atoms. The average Bonchev–Trinajstić information content (AvgIpc) is 2.37. The van der Waals surface area contributed by atoms with Crippen molar-refractivity contribution in [2.24, 2.45) is 0 Å². The molecule has 112 valence electrons. The number of hydrogen-bond acceptors (Lipinski definition) is 3. The van der Waals surface area contributed by atoms with Crippen molar-refractivity contribution in [1.29, 1.82) is 0 Å². The Morgan fingerprint density at radius 3 is 2.10 bits per heavy atom. The zero-order valence-corrected chi connectivity index (χ0v) is 13.2. The summed E-state index contributed by atoms with van der Waals surface area (Å²) in [5.74, 6) is 0. The van der Waals surface area contributed by atoms with Crippen molar-refractivity contribution in [3.05, 3.63) is 59.2 Å². The summed E-state index contributed by atoms with van der Waals surface area (Å²) in [6, 6.07) is 12.5. The summed E-state index contributed by atoms with van der Waals surface area (Å²) in [4.78, 5) is 0.305. The summed E-state index contributed by atoms with van der Waals surface area (Å²) >= 11 is 0. The van der Waals surface area contributed by atoms with E-state index in [9.17, 15) is 8.42 Å². The van der Waals surface area contributed by atoms with Gasteiger partial charge >= 0.3 is 0 Å². The first-order chi connectivity index (χ1) is 9.81. The van der Waals surface area contributed by atoms with Crippen molar-refractivity contribution in [1.82, 2.24) is 4.72 Å². The highest BCUT2D eigenvalue weighted by Crippen LogP contribution is 2.24. The second kappa shape index (κ2) is 5.87. The van der Waals surface area contributed by atoms with Crippen molar-refractivity contribution in [2.75, 3.05) is 5.73 Å². The number of benzene rings is 2. The average molecular weight is 304 g/mol. The molecule has 0 aliphatic heterocycles. The molecule has 0 radical (unpaired) electrons. The number of anilines is 1. The molecular formula is C16H20N2O2S. The van der Waals surface area contributed by atoms with Crippen LogP contribution in [0, 0.1) is 13.8 Å². The first kappa shape index (κ1) is 15.5. The summed E-state index contributed by atoms with van der Waals surface area (Å²) in [5, 5.41) is 0. The van der Waals surface area contributed by atoms with E-state index in [4.69, 9.17) is 5.73 Å². The van der Waals surface area contributed by atoms with Gasteiger partial charge in [0.25, 0.3) is 0 Å². The van der Waals surface area contributed by atoms with E-state index >= 15 is 0 Å². The monoisotopic (exact) mass is 304 g/mol. The number of rotatable bonds is 4. The standard InChI is InChI=1S/C16H20N2O2S/c1-11-9-15(17)10-12(2)16(11)21(19,20)18-13(3)14-7-5-4-6-8-14/h4-10,13,18H,17H2,1-3H3/t13-/m1/s1. The van der Waals surface area contributed by atoms with Gasteiger partial charge in [-0.1, -0.05) is 30.3 Å². The highest BCUT2D eigenvalue weighted by Gasteiger charge is 2.22. The van der Waals surface area contributed by atoms with Gasteiger partial charge in [0, 0.05) is 11.7 Å². The Hall–Kier alpha value is -1.85. The van der Waals surface area contributed by atoms with E-state index < -0.39 is 10.0 Å². The van der Waals surface area contributed by atoms with Crippen LogP contribution in [0.25, 0.3) is 0 Å². The number of nitrogens with two attached hydrogens (primary N) is 1. The molecule has 0 heterocycles. The van der Waals surface area contributed by atoms with E-state index in [0.717, 1.165) is 5.56 Å². The number of sulfonamides is 1. The fourth-order valence-electron chi connectivity index (χ4n) is 2.51. The normalized spacial score (nSPS) is 13.1. The second-order valence-electron chi connectivity index (χ2n) is 5.24. The number of nitrogens with one attached hydrogen (secondary N) is 1. The van der Waals surface area contributed by atoms with E-state index in [1.54, 1.807) is 26.0 Å². The summed E-state index contributed by atoms with van der Waals surface area (Å²) in [7, 11) is -3.59. The van der Waals surface area contributed by atoms with Gasteiger partial charge in [-0.15, -0.1) is 0 Å². The van der Waals surface area contributed by atoms with E-state index in [1.165, 1.54) is 0 Å². The second-order valence-corrected chi connectivity index (χ2v) is 6.89. The Labute approximate surface area is 126 Å². The van der Waals surface area contributed by atoms with Gasteiger partial charge in [-0.3, -0.25) is 0 Å². The van der Waals surface area contributed by atoms with Gasteiger partial charge in [0.15, 0.2) is 0 Å². The van der Waals surface area contributed by atoms with Gasteiger partial charge in [-0.05, 0) is 49.6 Å². The molecule has 0 unspecified atom stereocenters. The van der Waals surface area contributed by atoms with Crippen molar-refractivity contribution in [2.45, 2.75) is 31.7 Å². The zero-order valence-electron chi connectivity index (χ0n) is 12.4. The van der Waals surface area contributed by atoms with Crippen LogP contribution in [0.2, 0.25) is 0 Å². The number of nitrogen functional groups attached to an aromatic ring is 1. The van der Waals surface area contributed by atoms with Crippen LogP contribution >= 0.6 is 0 Å². The molecule has 0 fully saturated rings. The van der Waals surface area contributed by atoms with Crippen LogP contribution in [0.3, 0.4) is 0 Å². The van der Waals surface area contributed by atoms with Crippen molar-refractivity contribution < 1.29 is 8.42 Å². The molecule has 0 saturated carbocycles. The summed E-state index contributed by atoms with van der Waals surface area (Å²) in [6.07, 6.45) is 0. The third-order valence-electron chi connectivity index (χ3n) is 3.38. The molecule has 0 spiro atoms. The third-order valence-corrected chi connectivity index (χ3v) is 5.23. The lowest BCUT2D eigenvalue weighted by Crippen LogP contribution is -2.28. The Morgan fingerprint density at radius 1 is 1.05 bits per heavy atom. The Bertz CT molecular complexity index is 717. The molecule has 0 aliphatic rings. The SMILES string of the molecule is Cc1cc(N)cc(C)c1S(=O)(=O)N[C@H](C)c1ccccc1. The molecule has 2 rings (SSSR count). The lowest BCUT2D eigenvalue weighted by atomic mass is 10.1. The molecule has 3 N–H and O–H groups in total. The van der Waals surface area contributed by atoms with E-state index in [1.807, 2.05) is 37.3 Å². The quantitative estimate of drug-likeness (QED) is 0.853. The molecule has 2 aromatic carbocycles. The van der Waals surface area contributed by atoms with Gasteiger partial charge in [-0.25, -0.2) is 13.1 Å². The van der Waals surface area contributed by atoms with Gasteiger partial charge in [0.05, 0.1) is 4.90 Å². The Balaban J connectivity index is 2.36. The van der Waals surface area contributed by atoms with Crippen LogP contribution in [0.1, 0.15) is 29.7 Å². The first-order valence-electron chi connectivity index (χ1n) is 6.75. The van der Waals surface area contributed by atoms with E-state index in [-0.39, 0.29) is 6.04 Å². The fraction of sp³-hybridized carbons (Fsp3) is 0.250. The van der Waals surface area contributed by atoms with Crippen LogP contribution < -0.4 is 10.5 Å². The molecule has 1 atom stereocenters. The van der Waals surface area contributed by atoms with Crippen molar-refractivity contribution in [3.63, 3.8) is 0 Å². The maximum atomic E-state index is 12.6. The summed E-state index contributed by atoms with van der Waals surface area (Å²) in [5.41, 5.74) is 8.55. The fourth-order valence-corrected chi connectivity index (χ4v) is 4.19. The van der Waals surface area contributed by atoms with E-state index in [2.05, 4.69) is 4.72 Å². The van der Waals surface area contributed by atoms with Crippen molar-refractivity contribution >= 4 is 15.7 Å². The topological polar surface area (TPSA) is 72.2 Å². The molecular weight excluding hydrogens is 284 g/mol. The smallest absolute Gasteiger partial charge is 0.241 e. The largest absolute Gasteiger partial charge is 0.399 e. The maximum Gasteiger partial charge on any atom is 0.241 e. The van der Waals surface area contributed by atoms with Crippen LogP contribution in [0.5, 0.6) is 0 Å². The highest BCUT2D eigenvalue weighted by molar-refractivity contribution is 7.89. The molecule has 0 aliphatic carbocycles. The van der Waals surface area contributed by atoms with Gasteiger partial charge < -0.3 is 5.73 Å².